The summed E-state index contributed by atoms with van der Waals surface area (Å²) in [6.45, 7) is 2.33. The first-order chi connectivity index (χ1) is 9.79. The number of piperidine rings is 1. The highest BCUT2D eigenvalue weighted by molar-refractivity contribution is 5.98. The zero-order chi connectivity index (χ0) is 13.9. The molecule has 4 nitrogen and oxygen atoms in total. The van der Waals surface area contributed by atoms with Crippen molar-refractivity contribution in [2.24, 2.45) is 5.92 Å². The van der Waals surface area contributed by atoms with Crippen molar-refractivity contribution >= 4 is 22.3 Å². The number of nitrogens with two attached hydrogens (primary N) is 1. The molecule has 1 unspecified atom stereocenters. The van der Waals surface area contributed by atoms with E-state index in [4.69, 9.17) is 10.8 Å². The Labute approximate surface area is 119 Å². The zero-order valence-corrected chi connectivity index (χ0v) is 11.6. The molecule has 1 aliphatic heterocycles. The van der Waals surface area contributed by atoms with Crippen molar-refractivity contribution < 1.29 is 5.11 Å². The van der Waals surface area contributed by atoms with Crippen LogP contribution in [0, 0.1) is 5.92 Å². The second kappa shape index (κ2) is 5.67. The van der Waals surface area contributed by atoms with Crippen molar-refractivity contribution in [2.75, 3.05) is 30.3 Å². The van der Waals surface area contributed by atoms with Crippen LogP contribution in [0.15, 0.2) is 30.5 Å². The van der Waals surface area contributed by atoms with E-state index in [0.717, 1.165) is 41.8 Å². The maximum atomic E-state index is 9.14. The molecule has 1 aromatic heterocycles. The van der Waals surface area contributed by atoms with Gasteiger partial charge in [-0.2, -0.15) is 0 Å². The van der Waals surface area contributed by atoms with E-state index in [1.165, 1.54) is 12.8 Å². The van der Waals surface area contributed by atoms with E-state index in [1.54, 1.807) is 0 Å². The van der Waals surface area contributed by atoms with E-state index in [-0.39, 0.29) is 6.61 Å². The average Bonchev–Trinajstić information content (AvgIpc) is 2.49. The molecule has 0 spiro atoms. The summed E-state index contributed by atoms with van der Waals surface area (Å²) >= 11 is 0. The molecule has 1 atom stereocenters. The molecule has 3 N–H and O–H groups in total. The lowest BCUT2D eigenvalue weighted by Gasteiger charge is -2.34. The number of aliphatic hydroxyl groups is 1. The van der Waals surface area contributed by atoms with Crippen molar-refractivity contribution in [2.45, 2.75) is 19.3 Å². The number of benzene rings is 1. The van der Waals surface area contributed by atoms with Crippen LogP contribution in [0.2, 0.25) is 0 Å². The highest BCUT2D eigenvalue weighted by Crippen LogP contribution is 2.32. The number of nitrogen functional groups attached to an aromatic ring is 1. The standard InChI is InChI=1S/C16H21N3O/c17-14-5-6-15(16-13(14)4-1-8-18-16)19-9-2-3-12(11-19)7-10-20/h1,4-6,8,12,20H,2-3,7,9-11,17H2. The summed E-state index contributed by atoms with van der Waals surface area (Å²) < 4.78 is 0. The summed E-state index contributed by atoms with van der Waals surface area (Å²) in [5.41, 5.74) is 8.96. The molecule has 0 saturated carbocycles. The predicted octanol–water partition coefficient (Wildman–Crippen LogP) is 2.42. The Morgan fingerprint density at radius 2 is 2.25 bits per heavy atom. The van der Waals surface area contributed by atoms with Crippen molar-refractivity contribution in [1.82, 2.24) is 4.98 Å². The fourth-order valence-corrected chi connectivity index (χ4v) is 3.14. The molecule has 0 amide bonds. The summed E-state index contributed by atoms with van der Waals surface area (Å²) in [5, 5.41) is 10.2. The van der Waals surface area contributed by atoms with Crippen molar-refractivity contribution in [3.8, 4) is 0 Å². The van der Waals surface area contributed by atoms with E-state index in [9.17, 15) is 0 Å². The molecule has 0 aliphatic carbocycles. The molecule has 0 bridgehead atoms. The zero-order valence-electron chi connectivity index (χ0n) is 11.6. The minimum Gasteiger partial charge on any atom is -0.398 e. The summed E-state index contributed by atoms with van der Waals surface area (Å²) in [7, 11) is 0. The second-order valence-electron chi connectivity index (χ2n) is 5.54. The van der Waals surface area contributed by atoms with Crippen molar-refractivity contribution in [3.63, 3.8) is 0 Å². The van der Waals surface area contributed by atoms with Crippen LogP contribution < -0.4 is 10.6 Å². The van der Waals surface area contributed by atoms with E-state index >= 15 is 0 Å². The third kappa shape index (κ3) is 2.43. The topological polar surface area (TPSA) is 62.4 Å². The largest absolute Gasteiger partial charge is 0.398 e. The number of aliphatic hydroxyl groups excluding tert-OH is 1. The molecule has 1 aliphatic rings. The lowest BCUT2D eigenvalue weighted by Crippen LogP contribution is -2.36. The molecule has 2 heterocycles. The minimum atomic E-state index is 0.277. The Morgan fingerprint density at radius 3 is 3.10 bits per heavy atom. The van der Waals surface area contributed by atoms with Gasteiger partial charge in [-0.05, 0) is 49.4 Å². The third-order valence-electron chi connectivity index (χ3n) is 4.18. The molecule has 2 aromatic rings. The van der Waals surface area contributed by atoms with Crippen LogP contribution in [-0.4, -0.2) is 29.8 Å². The second-order valence-corrected chi connectivity index (χ2v) is 5.54. The Hall–Kier alpha value is -1.81. The van der Waals surface area contributed by atoms with Crippen molar-refractivity contribution in [1.29, 1.82) is 0 Å². The number of fused-ring (bicyclic) bond motifs is 1. The van der Waals surface area contributed by atoms with Gasteiger partial charge in [0.1, 0.15) is 0 Å². The van der Waals surface area contributed by atoms with Gasteiger partial charge in [-0.3, -0.25) is 4.98 Å². The van der Waals surface area contributed by atoms with Crippen molar-refractivity contribution in [3.05, 3.63) is 30.5 Å². The summed E-state index contributed by atoms with van der Waals surface area (Å²) in [5.74, 6) is 0.574. The maximum absolute atomic E-state index is 9.14. The van der Waals surface area contributed by atoms with Gasteiger partial charge in [-0.1, -0.05) is 0 Å². The maximum Gasteiger partial charge on any atom is 0.0955 e. The van der Waals surface area contributed by atoms with Crippen LogP contribution in [0.5, 0.6) is 0 Å². The number of hydrogen-bond acceptors (Lipinski definition) is 4. The average molecular weight is 271 g/mol. The SMILES string of the molecule is Nc1ccc(N2CCCC(CCO)C2)c2ncccc12. The molecule has 3 rings (SSSR count). The first kappa shape index (κ1) is 13.2. The van der Waals surface area contributed by atoms with E-state index in [2.05, 4.69) is 16.0 Å². The van der Waals surface area contributed by atoms with Gasteiger partial charge in [0, 0.05) is 37.0 Å². The number of nitrogens with zero attached hydrogens (tertiary/aromatic N) is 2. The molecule has 1 aromatic carbocycles. The third-order valence-corrected chi connectivity index (χ3v) is 4.18. The van der Waals surface area contributed by atoms with Gasteiger partial charge in [-0.15, -0.1) is 0 Å². The van der Waals surface area contributed by atoms with E-state index < -0.39 is 0 Å². The van der Waals surface area contributed by atoms with Gasteiger partial charge in [0.25, 0.3) is 0 Å². The Bertz CT molecular complexity index is 597. The molecular weight excluding hydrogens is 250 g/mol. The molecule has 4 heteroatoms. The first-order valence-corrected chi connectivity index (χ1v) is 7.28. The molecule has 20 heavy (non-hydrogen) atoms. The first-order valence-electron chi connectivity index (χ1n) is 7.28. The van der Waals surface area contributed by atoms with Gasteiger partial charge in [-0.25, -0.2) is 0 Å². The van der Waals surface area contributed by atoms with Gasteiger partial charge < -0.3 is 15.7 Å². The number of pyridine rings is 1. The number of hydrogen-bond donors (Lipinski definition) is 2. The van der Waals surface area contributed by atoms with E-state index in [1.807, 2.05) is 24.4 Å². The fraction of sp³-hybridized carbons (Fsp3) is 0.438. The predicted molar refractivity (Wildman–Crippen MR) is 82.8 cm³/mol. The number of anilines is 2. The van der Waals surface area contributed by atoms with Gasteiger partial charge in [0.05, 0.1) is 11.2 Å². The van der Waals surface area contributed by atoms with Crippen LogP contribution in [0.25, 0.3) is 10.9 Å². The van der Waals surface area contributed by atoms with Crippen LogP contribution in [0.3, 0.4) is 0 Å². The van der Waals surface area contributed by atoms with Crippen LogP contribution in [0.4, 0.5) is 11.4 Å². The minimum absolute atomic E-state index is 0.277. The van der Waals surface area contributed by atoms with E-state index in [0.29, 0.717) is 5.92 Å². The van der Waals surface area contributed by atoms with Crippen LogP contribution in [-0.2, 0) is 0 Å². The Balaban J connectivity index is 1.95. The van der Waals surface area contributed by atoms with Gasteiger partial charge in [0.15, 0.2) is 0 Å². The lowest BCUT2D eigenvalue weighted by molar-refractivity contribution is 0.244. The van der Waals surface area contributed by atoms with Crippen LogP contribution >= 0.6 is 0 Å². The lowest BCUT2D eigenvalue weighted by atomic mass is 9.94. The van der Waals surface area contributed by atoms with Gasteiger partial charge in [0.2, 0.25) is 0 Å². The Morgan fingerprint density at radius 1 is 1.35 bits per heavy atom. The van der Waals surface area contributed by atoms with Crippen LogP contribution in [0.1, 0.15) is 19.3 Å². The highest BCUT2D eigenvalue weighted by Gasteiger charge is 2.21. The fourth-order valence-electron chi connectivity index (χ4n) is 3.14. The monoisotopic (exact) mass is 271 g/mol. The van der Waals surface area contributed by atoms with Gasteiger partial charge >= 0.3 is 0 Å². The molecule has 1 saturated heterocycles. The smallest absolute Gasteiger partial charge is 0.0955 e. The summed E-state index contributed by atoms with van der Waals surface area (Å²) in [4.78, 5) is 6.90. The molecule has 0 radical (unpaired) electrons. The quantitative estimate of drug-likeness (QED) is 0.842. The molecular formula is C16H21N3O. The number of aromatic nitrogens is 1. The molecule has 1 fully saturated rings. The summed E-state index contributed by atoms with van der Waals surface area (Å²) in [6, 6.07) is 7.99. The highest BCUT2D eigenvalue weighted by atomic mass is 16.3. The Kier molecular flexibility index (Phi) is 3.74. The normalized spacial score (nSPS) is 19.4. The number of rotatable bonds is 3. The molecule has 106 valence electrons. The summed E-state index contributed by atoms with van der Waals surface area (Å²) in [6.07, 6.45) is 5.08.